The van der Waals surface area contributed by atoms with E-state index in [9.17, 15) is 9.18 Å². The van der Waals surface area contributed by atoms with Gasteiger partial charge in [-0.1, -0.05) is 12.1 Å². The van der Waals surface area contributed by atoms with E-state index in [1.165, 1.54) is 12.1 Å². The highest BCUT2D eigenvalue weighted by Gasteiger charge is 2.33. The van der Waals surface area contributed by atoms with Gasteiger partial charge in [-0.3, -0.25) is 9.48 Å². The molecule has 0 bridgehead atoms. The van der Waals surface area contributed by atoms with Crippen LogP contribution in [-0.2, 0) is 13.5 Å². The number of aryl methyl sites for hydroxylation is 1. The first kappa shape index (κ1) is 17.5. The molecule has 1 saturated heterocycles. The number of likely N-dealkylation sites (tertiary alicyclic amines) is 1. The fourth-order valence-corrected chi connectivity index (χ4v) is 3.57. The van der Waals surface area contributed by atoms with Crippen molar-refractivity contribution in [3.8, 4) is 0 Å². The van der Waals surface area contributed by atoms with Crippen LogP contribution in [0.2, 0.25) is 0 Å². The third-order valence-electron chi connectivity index (χ3n) is 4.93. The van der Waals surface area contributed by atoms with Crippen LogP contribution in [0.3, 0.4) is 0 Å². The topological polar surface area (TPSA) is 64.2 Å². The Morgan fingerprint density at radius 2 is 2.22 bits per heavy atom. The SMILES string of the molecule is Cn1nccc1C(=O)N1CCCC[C@@H]1c1ncc(Cc2cccc(F)c2)o1. The van der Waals surface area contributed by atoms with Gasteiger partial charge in [0.1, 0.15) is 23.3 Å². The monoisotopic (exact) mass is 368 g/mol. The second-order valence-electron chi connectivity index (χ2n) is 6.82. The Bertz CT molecular complexity index is 949. The second-order valence-corrected chi connectivity index (χ2v) is 6.82. The van der Waals surface area contributed by atoms with Crippen molar-refractivity contribution >= 4 is 5.91 Å². The molecule has 6 nitrogen and oxygen atoms in total. The maximum absolute atomic E-state index is 13.4. The van der Waals surface area contributed by atoms with E-state index in [-0.39, 0.29) is 17.8 Å². The number of aromatic nitrogens is 3. The average molecular weight is 368 g/mol. The van der Waals surface area contributed by atoms with Gasteiger partial charge < -0.3 is 9.32 Å². The molecule has 0 unspecified atom stereocenters. The van der Waals surface area contributed by atoms with Crippen LogP contribution in [0.25, 0.3) is 0 Å². The minimum atomic E-state index is -0.271. The highest BCUT2D eigenvalue weighted by Crippen LogP contribution is 2.32. The number of rotatable bonds is 4. The van der Waals surface area contributed by atoms with Gasteiger partial charge >= 0.3 is 0 Å². The van der Waals surface area contributed by atoms with Crippen molar-refractivity contribution in [2.45, 2.75) is 31.7 Å². The van der Waals surface area contributed by atoms with Crippen molar-refractivity contribution in [1.82, 2.24) is 19.7 Å². The molecule has 3 aromatic rings. The molecular weight excluding hydrogens is 347 g/mol. The lowest BCUT2D eigenvalue weighted by Gasteiger charge is -2.33. The largest absolute Gasteiger partial charge is 0.443 e. The van der Waals surface area contributed by atoms with E-state index in [2.05, 4.69) is 10.1 Å². The molecule has 1 aliphatic heterocycles. The molecule has 1 atom stereocenters. The Labute approximate surface area is 156 Å². The van der Waals surface area contributed by atoms with Crippen molar-refractivity contribution in [1.29, 1.82) is 0 Å². The molecule has 1 aliphatic rings. The number of oxazole rings is 1. The van der Waals surface area contributed by atoms with Crippen molar-refractivity contribution in [3.05, 3.63) is 71.5 Å². The zero-order valence-electron chi connectivity index (χ0n) is 15.1. The molecule has 0 N–H and O–H groups in total. The number of hydrogen-bond acceptors (Lipinski definition) is 4. The van der Waals surface area contributed by atoms with Crippen molar-refractivity contribution < 1.29 is 13.6 Å². The van der Waals surface area contributed by atoms with Crippen LogP contribution >= 0.6 is 0 Å². The normalized spacial score (nSPS) is 17.3. The van der Waals surface area contributed by atoms with Gasteiger partial charge in [-0.15, -0.1) is 0 Å². The third-order valence-corrected chi connectivity index (χ3v) is 4.93. The lowest BCUT2D eigenvalue weighted by Crippen LogP contribution is -2.39. The molecule has 140 valence electrons. The van der Waals surface area contributed by atoms with Crippen LogP contribution in [0.15, 0.2) is 47.1 Å². The first-order valence-corrected chi connectivity index (χ1v) is 9.10. The minimum Gasteiger partial charge on any atom is -0.443 e. The number of hydrogen-bond donors (Lipinski definition) is 0. The molecule has 0 spiro atoms. The van der Waals surface area contributed by atoms with E-state index in [1.807, 2.05) is 11.0 Å². The fraction of sp³-hybridized carbons (Fsp3) is 0.350. The first-order valence-electron chi connectivity index (χ1n) is 9.10. The van der Waals surface area contributed by atoms with Gasteiger partial charge in [0.2, 0.25) is 5.89 Å². The quantitative estimate of drug-likeness (QED) is 0.707. The Hall–Kier alpha value is -2.96. The van der Waals surface area contributed by atoms with Crippen molar-refractivity contribution in [2.75, 3.05) is 6.54 Å². The number of carbonyl (C=O) groups excluding carboxylic acids is 1. The lowest BCUT2D eigenvalue weighted by molar-refractivity contribution is 0.0558. The van der Waals surface area contributed by atoms with Gasteiger partial charge in [0.25, 0.3) is 5.91 Å². The highest BCUT2D eigenvalue weighted by molar-refractivity contribution is 5.92. The predicted molar refractivity (Wildman–Crippen MR) is 96.5 cm³/mol. The van der Waals surface area contributed by atoms with Crippen LogP contribution in [0.1, 0.15) is 53.0 Å². The summed E-state index contributed by atoms with van der Waals surface area (Å²) in [5.41, 5.74) is 1.37. The van der Waals surface area contributed by atoms with Gasteiger partial charge in [-0.25, -0.2) is 9.37 Å². The number of benzene rings is 1. The summed E-state index contributed by atoms with van der Waals surface area (Å²) in [5.74, 6) is 0.864. The minimum absolute atomic E-state index is 0.0652. The van der Waals surface area contributed by atoms with E-state index >= 15 is 0 Å². The molecule has 27 heavy (non-hydrogen) atoms. The molecule has 1 fully saturated rings. The van der Waals surface area contributed by atoms with E-state index in [4.69, 9.17) is 4.42 Å². The fourth-order valence-electron chi connectivity index (χ4n) is 3.57. The van der Waals surface area contributed by atoms with Crippen LogP contribution in [-0.4, -0.2) is 32.1 Å². The Morgan fingerprint density at radius 3 is 3.00 bits per heavy atom. The van der Waals surface area contributed by atoms with Crippen LogP contribution < -0.4 is 0 Å². The van der Waals surface area contributed by atoms with Crippen LogP contribution in [0.5, 0.6) is 0 Å². The zero-order chi connectivity index (χ0) is 18.8. The number of carbonyl (C=O) groups is 1. The summed E-state index contributed by atoms with van der Waals surface area (Å²) in [6, 6.07) is 7.96. The number of piperidine rings is 1. The van der Waals surface area contributed by atoms with Crippen molar-refractivity contribution in [3.63, 3.8) is 0 Å². The predicted octanol–water partition coefficient (Wildman–Crippen LogP) is 3.51. The Balaban J connectivity index is 1.55. The zero-order valence-corrected chi connectivity index (χ0v) is 15.1. The molecule has 1 amide bonds. The van der Waals surface area contributed by atoms with Gasteiger partial charge in [-0.2, -0.15) is 5.10 Å². The van der Waals surface area contributed by atoms with E-state index in [1.54, 1.807) is 36.3 Å². The second kappa shape index (κ2) is 7.34. The standard InChI is InChI=1S/C20H21FN4O2/c1-24-18(8-9-23-24)20(26)25-10-3-2-7-17(25)19-22-13-16(27-19)12-14-5-4-6-15(21)11-14/h4-6,8-9,11,13,17H,2-3,7,10,12H2,1H3/t17-/m1/s1. The summed E-state index contributed by atoms with van der Waals surface area (Å²) in [7, 11) is 1.76. The van der Waals surface area contributed by atoms with Crippen LogP contribution in [0.4, 0.5) is 4.39 Å². The van der Waals surface area contributed by atoms with Gasteiger partial charge in [0, 0.05) is 26.2 Å². The van der Waals surface area contributed by atoms with Crippen molar-refractivity contribution in [2.24, 2.45) is 7.05 Å². The molecule has 0 saturated carbocycles. The van der Waals surface area contributed by atoms with E-state index in [0.717, 1.165) is 24.8 Å². The molecule has 0 aliphatic carbocycles. The molecule has 1 aromatic carbocycles. The number of halogens is 1. The van der Waals surface area contributed by atoms with Gasteiger partial charge in [0.15, 0.2) is 0 Å². The maximum Gasteiger partial charge on any atom is 0.272 e. The van der Waals surface area contributed by atoms with Gasteiger partial charge in [-0.05, 0) is 43.0 Å². The first-order chi connectivity index (χ1) is 13.1. The average Bonchev–Trinajstić information content (AvgIpc) is 3.30. The lowest BCUT2D eigenvalue weighted by atomic mass is 10.0. The summed E-state index contributed by atoms with van der Waals surface area (Å²) in [6.45, 7) is 0.663. The molecule has 2 aromatic heterocycles. The Morgan fingerprint density at radius 1 is 1.33 bits per heavy atom. The molecular formula is C20H21FN4O2. The maximum atomic E-state index is 13.4. The molecule has 4 rings (SSSR count). The van der Waals surface area contributed by atoms with Gasteiger partial charge in [0.05, 0.1) is 6.20 Å². The summed E-state index contributed by atoms with van der Waals surface area (Å²) >= 11 is 0. The number of nitrogens with zero attached hydrogens (tertiary/aromatic N) is 4. The summed E-state index contributed by atoms with van der Waals surface area (Å²) in [4.78, 5) is 19.2. The summed E-state index contributed by atoms with van der Waals surface area (Å²) in [5, 5.41) is 4.09. The molecule has 7 heteroatoms. The Kier molecular flexibility index (Phi) is 4.75. The van der Waals surface area contributed by atoms with E-state index < -0.39 is 0 Å². The third kappa shape index (κ3) is 3.63. The smallest absolute Gasteiger partial charge is 0.272 e. The van der Waals surface area contributed by atoms with E-state index in [0.29, 0.717) is 30.3 Å². The summed E-state index contributed by atoms with van der Waals surface area (Å²) < 4.78 is 20.9. The summed E-state index contributed by atoms with van der Waals surface area (Å²) in [6.07, 6.45) is 6.53. The molecule has 3 heterocycles. The molecule has 0 radical (unpaired) electrons. The number of amides is 1. The highest BCUT2D eigenvalue weighted by atomic mass is 19.1. The van der Waals surface area contributed by atoms with Crippen LogP contribution in [0, 0.1) is 5.82 Å².